The Balaban J connectivity index is 1.43. The molecular formula is C38H38F2N6O4S. The predicted molar refractivity (Wildman–Crippen MR) is 192 cm³/mol. The van der Waals surface area contributed by atoms with Gasteiger partial charge in [-0.15, -0.1) is 11.3 Å². The molecule has 5 aromatic rings. The van der Waals surface area contributed by atoms with E-state index in [0.29, 0.717) is 48.8 Å². The van der Waals surface area contributed by atoms with Crippen molar-refractivity contribution in [2.75, 3.05) is 47.0 Å². The van der Waals surface area contributed by atoms with Crippen molar-refractivity contribution in [3.8, 4) is 39.5 Å². The van der Waals surface area contributed by atoms with Crippen LogP contribution in [0.1, 0.15) is 29.8 Å². The molecule has 1 N–H and O–H groups in total. The second-order valence-electron chi connectivity index (χ2n) is 12.7. The summed E-state index contributed by atoms with van der Waals surface area (Å²) >= 11 is 1.43. The van der Waals surface area contributed by atoms with Crippen molar-refractivity contribution in [1.29, 1.82) is 0 Å². The maximum Gasteiger partial charge on any atom is 0.246 e. The number of methoxy groups -OCH3 is 1. The Bertz CT molecular complexity index is 2160. The lowest BCUT2D eigenvalue weighted by atomic mass is 9.93. The van der Waals surface area contributed by atoms with Gasteiger partial charge in [-0.2, -0.15) is 5.10 Å². The fourth-order valence-corrected chi connectivity index (χ4v) is 7.97. The van der Waals surface area contributed by atoms with E-state index in [1.165, 1.54) is 36.2 Å². The predicted octanol–water partition coefficient (Wildman–Crippen LogP) is 5.99. The van der Waals surface area contributed by atoms with Gasteiger partial charge in [0.1, 0.15) is 35.4 Å². The molecule has 2 amide bonds. The van der Waals surface area contributed by atoms with Crippen molar-refractivity contribution in [3.63, 3.8) is 0 Å². The molecule has 0 spiro atoms. The average Bonchev–Trinajstić information content (AvgIpc) is 3.79. The molecule has 0 aliphatic carbocycles. The van der Waals surface area contributed by atoms with E-state index in [0.717, 1.165) is 45.9 Å². The van der Waals surface area contributed by atoms with Gasteiger partial charge in [0.2, 0.25) is 11.8 Å². The Labute approximate surface area is 298 Å². The molecule has 2 aromatic carbocycles. The first-order chi connectivity index (χ1) is 24.7. The highest BCUT2D eigenvalue weighted by Gasteiger charge is 2.31. The van der Waals surface area contributed by atoms with Gasteiger partial charge in [-0.25, -0.2) is 13.8 Å². The number of benzene rings is 2. The van der Waals surface area contributed by atoms with Crippen LogP contribution in [0.3, 0.4) is 0 Å². The van der Waals surface area contributed by atoms with E-state index in [4.69, 9.17) is 19.6 Å². The van der Waals surface area contributed by atoms with E-state index in [-0.39, 0.29) is 42.4 Å². The number of halogens is 2. The lowest BCUT2D eigenvalue weighted by molar-refractivity contribution is -0.129. The van der Waals surface area contributed by atoms with Crippen LogP contribution in [0.15, 0.2) is 60.5 Å². The minimum absolute atomic E-state index is 0.0279. The van der Waals surface area contributed by atoms with E-state index in [1.807, 2.05) is 35.2 Å². The lowest BCUT2D eigenvalue weighted by Crippen LogP contribution is -2.40. The molecule has 13 heteroatoms. The highest BCUT2D eigenvalue weighted by atomic mass is 32.1. The standard InChI is InChI=1S/C38H38F2N6O4S/c1-5-33(48)45-11-12-46-30(22(45)2)19-29(43-46)37-35(34-28(40)17-26(39)18-31(34)50-14-13-49-4)38-27(9-15-51-38)36(42-37)24-7-6-23-8-10-44(20-25(23)16-24)21-32(47)41-3/h5-7,9,15-19,22H,1,8,10-14,20-21H2,2-4H3,(H,41,47)/t22-/m1/s1. The highest BCUT2D eigenvalue weighted by molar-refractivity contribution is 7.18. The number of hydrogen-bond acceptors (Lipinski definition) is 8. The van der Waals surface area contributed by atoms with Crippen LogP contribution in [-0.4, -0.2) is 83.4 Å². The van der Waals surface area contributed by atoms with Crippen LogP contribution in [0.4, 0.5) is 8.78 Å². The van der Waals surface area contributed by atoms with Gasteiger partial charge in [0.25, 0.3) is 0 Å². The van der Waals surface area contributed by atoms with E-state index in [1.54, 1.807) is 11.9 Å². The average molecular weight is 713 g/mol. The van der Waals surface area contributed by atoms with Gasteiger partial charge >= 0.3 is 0 Å². The van der Waals surface area contributed by atoms with E-state index < -0.39 is 11.6 Å². The van der Waals surface area contributed by atoms with Crippen molar-refractivity contribution >= 4 is 33.2 Å². The first-order valence-corrected chi connectivity index (χ1v) is 17.7. The minimum Gasteiger partial charge on any atom is -0.490 e. The van der Waals surface area contributed by atoms with Crippen LogP contribution in [0, 0.1) is 11.6 Å². The Morgan fingerprint density at radius 3 is 2.69 bits per heavy atom. The second-order valence-corrected chi connectivity index (χ2v) is 13.6. The molecular weight excluding hydrogens is 675 g/mol. The Hall–Kier alpha value is -4.98. The van der Waals surface area contributed by atoms with Gasteiger partial charge in [0, 0.05) is 67.1 Å². The number of pyridine rings is 1. The first-order valence-electron chi connectivity index (χ1n) is 16.8. The monoisotopic (exact) mass is 712 g/mol. The third-order valence-electron chi connectivity index (χ3n) is 9.60. The first kappa shape index (κ1) is 34.5. The maximum absolute atomic E-state index is 16.2. The van der Waals surface area contributed by atoms with Crippen molar-refractivity contribution in [1.82, 2.24) is 29.9 Å². The summed E-state index contributed by atoms with van der Waals surface area (Å²) in [4.78, 5) is 34.0. The fourth-order valence-electron chi connectivity index (χ4n) is 7.02. The molecule has 51 heavy (non-hydrogen) atoms. The molecule has 2 aliphatic rings. The number of amides is 2. The molecule has 7 rings (SSSR count). The number of thiophene rings is 1. The molecule has 1 atom stereocenters. The van der Waals surface area contributed by atoms with E-state index in [9.17, 15) is 14.0 Å². The minimum atomic E-state index is -0.794. The summed E-state index contributed by atoms with van der Waals surface area (Å²) < 4.78 is 44.6. The number of fused-ring (bicyclic) bond motifs is 3. The molecule has 3 aromatic heterocycles. The molecule has 5 heterocycles. The maximum atomic E-state index is 16.2. The number of hydrogen-bond donors (Lipinski definition) is 1. The third-order valence-corrected chi connectivity index (χ3v) is 10.5. The van der Waals surface area contributed by atoms with Gasteiger partial charge in [0.15, 0.2) is 0 Å². The summed E-state index contributed by atoms with van der Waals surface area (Å²) in [6.07, 6.45) is 2.12. The molecule has 0 bridgehead atoms. The molecule has 0 radical (unpaired) electrons. The number of carbonyl (C=O) groups is 2. The van der Waals surface area contributed by atoms with Crippen molar-refractivity contribution in [2.24, 2.45) is 0 Å². The highest BCUT2D eigenvalue weighted by Crippen LogP contribution is 2.47. The van der Waals surface area contributed by atoms with E-state index in [2.05, 4.69) is 28.9 Å². The van der Waals surface area contributed by atoms with Gasteiger partial charge < -0.3 is 19.7 Å². The Kier molecular flexibility index (Phi) is 9.69. The quantitative estimate of drug-likeness (QED) is 0.140. The molecule has 0 saturated carbocycles. The van der Waals surface area contributed by atoms with Gasteiger partial charge in [-0.1, -0.05) is 18.7 Å². The van der Waals surface area contributed by atoms with Crippen LogP contribution in [0.5, 0.6) is 5.75 Å². The van der Waals surface area contributed by atoms with Gasteiger partial charge in [-0.05, 0) is 54.1 Å². The molecule has 10 nitrogen and oxygen atoms in total. The zero-order valence-electron chi connectivity index (χ0n) is 28.7. The summed E-state index contributed by atoms with van der Waals surface area (Å²) in [5, 5.41) is 10.4. The van der Waals surface area contributed by atoms with Crippen molar-refractivity contribution < 1.29 is 27.8 Å². The van der Waals surface area contributed by atoms with E-state index >= 15 is 4.39 Å². The molecule has 0 saturated heterocycles. The van der Waals surface area contributed by atoms with Gasteiger partial charge in [0.05, 0.1) is 42.7 Å². The summed E-state index contributed by atoms with van der Waals surface area (Å²) in [5.74, 6) is -1.75. The van der Waals surface area contributed by atoms with Crippen LogP contribution >= 0.6 is 11.3 Å². The zero-order valence-corrected chi connectivity index (χ0v) is 29.5. The Morgan fingerprint density at radius 2 is 1.90 bits per heavy atom. The zero-order chi connectivity index (χ0) is 35.8. The molecule has 264 valence electrons. The summed E-state index contributed by atoms with van der Waals surface area (Å²) in [6, 6.07) is 11.8. The molecule has 0 unspecified atom stereocenters. The lowest BCUT2D eigenvalue weighted by Gasteiger charge is -2.33. The number of likely N-dealkylation sites (N-methyl/N-ethyl adjacent to an activating group) is 1. The molecule has 0 fully saturated rings. The normalized spacial score (nSPS) is 15.8. The summed E-state index contributed by atoms with van der Waals surface area (Å²) in [6.45, 7) is 8.50. The van der Waals surface area contributed by atoms with Crippen molar-refractivity contribution in [3.05, 3.63) is 89.0 Å². The fraction of sp³-hybridized carbons (Fsp3) is 0.316. The SMILES string of the molecule is C=CC(=O)N1CCn2nc(-c3nc(-c4ccc5c(c4)CN(CC(=O)NC)CC5)c4ccsc4c3-c3c(F)cc(F)cc3OCCOC)cc2[C@H]1C. The number of carbonyl (C=O) groups excluding carboxylic acids is 2. The van der Waals surface area contributed by atoms with Crippen LogP contribution < -0.4 is 10.1 Å². The Morgan fingerprint density at radius 1 is 1.06 bits per heavy atom. The second kappa shape index (κ2) is 14.3. The largest absolute Gasteiger partial charge is 0.490 e. The molecule has 2 aliphatic heterocycles. The van der Waals surface area contributed by atoms with Gasteiger partial charge in [-0.3, -0.25) is 19.2 Å². The number of rotatable bonds is 10. The third kappa shape index (κ3) is 6.52. The summed E-state index contributed by atoms with van der Waals surface area (Å²) in [5.41, 5.74) is 6.06. The number of aromatic nitrogens is 3. The van der Waals surface area contributed by atoms with Crippen LogP contribution in [0.2, 0.25) is 0 Å². The van der Waals surface area contributed by atoms with Crippen LogP contribution in [0.25, 0.3) is 43.9 Å². The number of ether oxygens (including phenoxy) is 2. The van der Waals surface area contributed by atoms with Crippen LogP contribution in [-0.2, 0) is 33.8 Å². The topological polar surface area (TPSA) is 102 Å². The van der Waals surface area contributed by atoms with Crippen molar-refractivity contribution in [2.45, 2.75) is 32.5 Å². The number of nitrogens with zero attached hydrogens (tertiary/aromatic N) is 5. The smallest absolute Gasteiger partial charge is 0.246 e. The number of nitrogens with one attached hydrogen (secondary N) is 1. The summed E-state index contributed by atoms with van der Waals surface area (Å²) in [7, 11) is 3.16.